The lowest BCUT2D eigenvalue weighted by Gasteiger charge is -2.26. The van der Waals surface area contributed by atoms with Gasteiger partial charge in [0.25, 0.3) is 5.91 Å². The van der Waals surface area contributed by atoms with Crippen molar-refractivity contribution in [2.75, 3.05) is 32.1 Å². The molecule has 1 fully saturated rings. The number of hydrogen-bond acceptors (Lipinski definition) is 6. The quantitative estimate of drug-likeness (QED) is 0.583. The van der Waals surface area contributed by atoms with Crippen LogP contribution in [-0.4, -0.2) is 51.4 Å². The fraction of sp³-hybridized carbons (Fsp3) is 0.364. The fourth-order valence-electron chi connectivity index (χ4n) is 3.40. The van der Waals surface area contributed by atoms with Crippen LogP contribution >= 0.6 is 11.6 Å². The predicted octanol–water partition coefficient (Wildman–Crippen LogP) is 3.77. The van der Waals surface area contributed by atoms with E-state index >= 15 is 0 Å². The standard InChI is InChI=1S/C22H24ClFN2O6S/c1-14-10-18(19(31-2)12-16(14)23)25-21(27)13-32-22(28)15-6-7-17(24)20(11-15)33(29,30)26-8-4-3-5-9-26/h6-7,10-12H,3-5,8-9,13H2,1-2H3,(H,25,27). The zero-order chi connectivity index (χ0) is 24.2. The van der Waals surface area contributed by atoms with Crippen molar-refractivity contribution in [1.29, 1.82) is 0 Å². The van der Waals surface area contributed by atoms with Crippen molar-refractivity contribution in [3.63, 3.8) is 0 Å². The molecule has 8 nitrogen and oxygen atoms in total. The molecule has 1 heterocycles. The number of benzene rings is 2. The summed E-state index contributed by atoms with van der Waals surface area (Å²) < 4.78 is 51.3. The Labute approximate surface area is 196 Å². The van der Waals surface area contributed by atoms with Crippen molar-refractivity contribution in [2.45, 2.75) is 31.1 Å². The molecule has 178 valence electrons. The first-order valence-electron chi connectivity index (χ1n) is 10.2. The van der Waals surface area contributed by atoms with Crippen molar-refractivity contribution in [3.8, 4) is 5.75 Å². The number of aryl methyl sites for hydroxylation is 1. The van der Waals surface area contributed by atoms with Crippen LogP contribution in [0.4, 0.5) is 10.1 Å². The molecule has 0 atom stereocenters. The van der Waals surface area contributed by atoms with Crippen LogP contribution in [0.25, 0.3) is 0 Å². The molecule has 0 radical (unpaired) electrons. The summed E-state index contributed by atoms with van der Waals surface area (Å²) >= 11 is 6.04. The normalized spacial score (nSPS) is 14.5. The molecule has 1 amide bonds. The van der Waals surface area contributed by atoms with E-state index in [1.165, 1.54) is 11.4 Å². The second kappa shape index (κ2) is 10.5. The largest absolute Gasteiger partial charge is 0.495 e. The highest BCUT2D eigenvalue weighted by atomic mass is 35.5. The monoisotopic (exact) mass is 498 g/mol. The second-order valence-corrected chi connectivity index (χ2v) is 9.85. The number of carbonyl (C=O) groups is 2. The maximum Gasteiger partial charge on any atom is 0.338 e. The van der Waals surface area contributed by atoms with E-state index in [1.807, 2.05) is 0 Å². The molecule has 1 N–H and O–H groups in total. The van der Waals surface area contributed by atoms with E-state index < -0.39 is 39.2 Å². The van der Waals surface area contributed by atoms with Gasteiger partial charge in [-0.25, -0.2) is 17.6 Å². The SMILES string of the molecule is COc1cc(Cl)c(C)cc1NC(=O)COC(=O)c1ccc(F)c(S(=O)(=O)N2CCCCC2)c1. The number of methoxy groups -OCH3 is 1. The smallest absolute Gasteiger partial charge is 0.338 e. The highest BCUT2D eigenvalue weighted by Crippen LogP contribution is 2.31. The van der Waals surface area contributed by atoms with Crippen LogP contribution < -0.4 is 10.1 Å². The van der Waals surface area contributed by atoms with E-state index in [-0.39, 0.29) is 5.56 Å². The lowest BCUT2D eigenvalue weighted by atomic mass is 10.2. The van der Waals surface area contributed by atoms with Crippen molar-refractivity contribution in [1.82, 2.24) is 4.31 Å². The van der Waals surface area contributed by atoms with Crippen LogP contribution in [0.15, 0.2) is 35.2 Å². The van der Waals surface area contributed by atoms with Crippen molar-refractivity contribution in [3.05, 3.63) is 52.3 Å². The lowest BCUT2D eigenvalue weighted by Crippen LogP contribution is -2.36. The number of ether oxygens (including phenoxy) is 2. The van der Waals surface area contributed by atoms with E-state index in [4.69, 9.17) is 21.1 Å². The van der Waals surface area contributed by atoms with Gasteiger partial charge >= 0.3 is 5.97 Å². The molecule has 1 aliphatic rings. The molecule has 1 saturated heterocycles. The van der Waals surface area contributed by atoms with E-state index in [9.17, 15) is 22.4 Å². The number of amides is 1. The molecule has 0 unspecified atom stereocenters. The van der Waals surface area contributed by atoms with Crippen LogP contribution in [0.3, 0.4) is 0 Å². The summed E-state index contributed by atoms with van der Waals surface area (Å²) in [6, 6.07) is 6.09. The second-order valence-electron chi connectivity index (χ2n) is 7.54. The number of halogens is 2. The average Bonchev–Trinajstić information content (AvgIpc) is 2.80. The molecule has 33 heavy (non-hydrogen) atoms. The van der Waals surface area contributed by atoms with Gasteiger partial charge in [-0.05, 0) is 49.6 Å². The third-order valence-corrected chi connectivity index (χ3v) is 7.51. The third-order valence-electron chi connectivity index (χ3n) is 5.19. The first kappa shape index (κ1) is 24.9. The minimum atomic E-state index is -4.09. The highest BCUT2D eigenvalue weighted by molar-refractivity contribution is 7.89. The maximum absolute atomic E-state index is 14.3. The molecule has 0 aliphatic carbocycles. The third kappa shape index (κ3) is 5.82. The summed E-state index contributed by atoms with van der Waals surface area (Å²) in [6.45, 7) is 1.70. The van der Waals surface area contributed by atoms with Gasteiger partial charge in [-0.2, -0.15) is 4.31 Å². The Morgan fingerprint density at radius 3 is 2.52 bits per heavy atom. The van der Waals surface area contributed by atoms with E-state index in [0.29, 0.717) is 48.0 Å². The molecule has 0 bridgehead atoms. The number of carbonyl (C=O) groups excluding carboxylic acids is 2. The summed E-state index contributed by atoms with van der Waals surface area (Å²) in [7, 11) is -2.67. The van der Waals surface area contributed by atoms with Crippen molar-refractivity contribution >= 4 is 39.2 Å². The molecular weight excluding hydrogens is 475 g/mol. The zero-order valence-electron chi connectivity index (χ0n) is 18.2. The number of hydrogen-bond donors (Lipinski definition) is 1. The Morgan fingerprint density at radius 1 is 1.15 bits per heavy atom. The van der Waals surface area contributed by atoms with Crippen LogP contribution in [0, 0.1) is 12.7 Å². The van der Waals surface area contributed by atoms with Gasteiger partial charge in [0.1, 0.15) is 16.5 Å². The van der Waals surface area contributed by atoms with Gasteiger partial charge in [0.15, 0.2) is 6.61 Å². The molecule has 2 aromatic rings. The molecule has 0 saturated carbocycles. The summed E-state index contributed by atoms with van der Waals surface area (Å²) in [5.41, 5.74) is 0.871. The minimum absolute atomic E-state index is 0.181. The molecule has 0 spiro atoms. The van der Waals surface area contributed by atoms with E-state index in [2.05, 4.69) is 5.32 Å². The first-order chi connectivity index (χ1) is 15.6. The summed E-state index contributed by atoms with van der Waals surface area (Å²) in [5.74, 6) is -2.23. The lowest BCUT2D eigenvalue weighted by molar-refractivity contribution is -0.119. The van der Waals surface area contributed by atoms with Gasteiger partial charge in [-0.15, -0.1) is 0 Å². The number of esters is 1. The molecule has 1 aliphatic heterocycles. The Balaban J connectivity index is 1.69. The maximum atomic E-state index is 14.3. The Kier molecular flexibility index (Phi) is 7.93. The van der Waals surface area contributed by atoms with Crippen molar-refractivity contribution < 1.29 is 31.9 Å². The van der Waals surface area contributed by atoms with E-state index in [0.717, 1.165) is 24.6 Å². The molecule has 11 heteroatoms. The fourth-order valence-corrected chi connectivity index (χ4v) is 5.16. The summed E-state index contributed by atoms with van der Waals surface area (Å²) in [6.07, 6.45) is 2.29. The van der Waals surface area contributed by atoms with E-state index in [1.54, 1.807) is 19.1 Å². The van der Waals surface area contributed by atoms with Crippen molar-refractivity contribution in [2.24, 2.45) is 0 Å². The van der Waals surface area contributed by atoms with Crippen LogP contribution in [0.1, 0.15) is 35.2 Å². The minimum Gasteiger partial charge on any atom is -0.495 e. The molecule has 3 rings (SSSR count). The highest BCUT2D eigenvalue weighted by Gasteiger charge is 2.29. The van der Waals surface area contributed by atoms with Gasteiger partial charge in [-0.1, -0.05) is 18.0 Å². The Hall–Kier alpha value is -2.69. The average molecular weight is 499 g/mol. The molecule has 2 aromatic carbocycles. The zero-order valence-corrected chi connectivity index (χ0v) is 19.8. The van der Waals surface area contributed by atoms with Gasteiger partial charge < -0.3 is 14.8 Å². The van der Waals surface area contributed by atoms with Crippen LogP contribution in [-0.2, 0) is 19.6 Å². The summed E-state index contributed by atoms with van der Waals surface area (Å²) in [5, 5.41) is 3.02. The molecular formula is C22H24ClFN2O6S. The van der Waals surface area contributed by atoms with Gasteiger partial charge in [0.05, 0.1) is 18.4 Å². The number of sulfonamides is 1. The van der Waals surface area contributed by atoms with Gasteiger partial charge in [-0.3, -0.25) is 4.79 Å². The van der Waals surface area contributed by atoms with Crippen LogP contribution in [0.2, 0.25) is 5.02 Å². The first-order valence-corrected chi connectivity index (χ1v) is 12.1. The Bertz CT molecular complexity index is 1170. The van der Waals surface area contributed by atoms with Gasteiger partial charge in [0.2, 0.25) is 10.0 Å². The number of nitrogens with one attached hydrogen (secondary N) is 1. The Morgan fingerprint density at radius 2 is 1.85 bits per heavy atom. The summed E-state index contributed by atoms with van der Waals surface area (Å²) in [4.78, 5) is 24.1. The number of anilines is 1. The topological polar surface area (TPSA) is 102 Å². The number of nitrogens with zero attached hydrogens (tertiary/aromatic N) is 1. The number of rotatable bonds is 7. The molecule has 0 aromatic heterocycles. The number of piperidine rings is 1. The van der Waals surface area contributed by atoms with Crippen LogP contribution in [0.5, 0.6) is 5.75 Å². The predicted molar refractivity (Wildman–Crippen MR) is 121 cm³/mol. The van der Waals surface area contributed by atoms with Gasteiger partial charge in [0, 0.05) is 24.2 Å².